The molecule has 0 aliphatic carbocycles. The number of aromatic nitrogens is 2. The van der Waals surface area contributed by atoms with Crippen LogP contribution >= 0.6 is 11.8 Å². The molecule has 0 unspecified atom stereocenters. The molecular weight excluding hydrogens is 280 g/mol. The third-order valence-electron chi connectivity index (χ3n) is 2.33. The normalized spacial score (nSPS) is 9.65. The SMILES string of the molecule is CNC(=O)CN(C)C(=O)CSc1ncc(C#N)c(N)n1. The van der Waals surface area contributed by atoms with Gasteiger partial charge in [-0.05, 0) is 0 Å². The Labute approximate surface area is 120 Å². The van der Waals surface area contributed by atoms with E-state index in [0.717, 1.165) is 11.8 Å². The summed E-state index contributed by atoms with van der Waals surface area (Å²) >= 11 is 1.09. The first-order valence-electron chi connectivity index (χ1n) is 5.58. The van der Waals surface area contributed by atoms with Crippen molar-refractivity contribution in [2.45, 2.75) is 5.16 Å². The van der Waals surface area contributed by atoms with E-state index < -0.39 is 0 Å². The summed E-state index contributed by atoms with van der Waals surface area (Å²) < 4.78 is 0. The van der Waals surface area contributed by atoms with Crippen molar-refractivity contribution in [1.82, 2.24) is 20.2 Å². The maximum absolute atomic E-state index is 11.8. The van der Waals surface area contributed by atoms with Crippen LogP contribution in [0.2, 0.25) is 0 Å². The predicted octanol–water partition coefficient (Wildman–Crippen LogP) is -0.773. The largest absolute Gasteiger partial charge is 0.382 e. The Morgan fingerprint density at radius 3 is 2.85 bits per heavy atom. The van der Waals surface area contributed by atoms with Crippen molar-refractivity contribution in [3.63, 3.8) is 0 Å². The number of nitrogens with zero attached hydrogens (tertiary/aromatic N) is 4. The molecule has 0 saturated carbocycles. The number of anilines is 1. The monoisotopic (exact) mass is 294 g/mol. The number of carbonyl (C=O) groups excluding carboxylic acids is 2. The average molecular weight is 294 g/mol. The molecule has 3 N–H and O–H groups in total. The highest BCUT2D eigenvalue weighted by Gasteiger charge is 2.13. The highest BCUT2D eigenvalue weighted by Crippen LogP contribution is 2.16. The van der Waals surface area contributed by atoms with Gasteiger partial charge in [-0.3, -0.25) is 9.59 Å². The summed E-state index contributed by atoms with van der Waals surface area (Å²) in [5.74, 6) is -0.315. The Kier molecular flexibility index (Phi) is 5.74. The Morgan fingerprint density at radius 2 is 2.30 bits per heavy atom. The van der Waals surface area contributed by atoms with E-state index in [9.17, 15) is 9.59 Å². The number of rotatable bonds is 5. The number of carbonyl (C=O) groups is 2. The zero-order chi connectivity index (χ0) is 15.1. The van der Waals surface area contributed by atoms with E-state index in [2.05, 4.69) is 15.3 Å². The lowest BCUT2D eigenvalue weighted by Gasteiger charge is -2.15. The van der Waals surface area contributed by atoms with Crippen LogP contribution in [0.5, 0.6) is 0 Å². The number of nitrogen functional groups attached to an aromatic ring is 1. The number of likely N-dealkylation sites (N-methyl/N-ethyl adjacent to an activating group) is 2. The van der Waals surface area contributed by atoms with Gasteiger partial charge in [-0.1, -0.05) is 11.8 Å². The number of nitrogens with one attached hydrogen (secondary N) is 1. The van der Waals surface area contributed by atoms with Crippen LogP contribution in [0.4, 0.5) is 5.82 Å². The van der Waals surface area contributed by atoms with Gasteiger partial charge in [-0.25, -0.2) is 9.97 Å². The number of hydrogen-bond donors (Lipinski definition) is 2. The number of hydrogen-bond acceptors (Lipinski definition) is 7. The molecule has 106 valence electrons. The third-order valence-corrected chi connectivity index (χ3v) is 3.17. The van der Waals surface area contributed by atoms with Gasteiger partial charge >= 0.3 is 0 Å². The van der Waals surface area contributed by atoms with Crippen molar-refractivity contribution < 1.29 is 9.59 Å². The molecule has 9 heteroatoms. The molecule has 0 spiro atoms. The van der Waals surface area contributed by atoms with E-state index in [0.29, 0.717) is 5.16 Å². The number of nitriles is 1. The predicted molar refractivity (Wildman–Crippen MR) is 73.6 cm³/mol. The minimum absolute atomic E-state index is 0.00768. The first-order chi connectivity index (χ1) is 9.47. The van der Waals surface area contributed by atoms with Gasteiger partial charge in [-0.15, -0.1) is 0 Å². The van der Waals surface area contributed by atoms with Crippen LogP contribution in [-0.2, 0) is 9.59 Å². The van der Waals surface area contributed by atoms with E-state index in [4.69, 9.17) is 11.0 Å². The third kappa shape index (κ3) is 4.40. The zero-order valence-corrected chi connectivity index (χ0v) is 11.9. The molecule has 1 rings (SSSR count). The lowest BCUT2D eigenvalue weighted by molar-refractivity contribution is -0.132. The first-order valence-corrected chi connectivity index (χ1v) is 6.56. The second-order valence-electron chi connectivity index (χ2n) is 3.77. The maximum Gasteiger partial charge on any atom is 0.239 e. The highest BCUT2D eigenvalue weighted by atomic mass is 32.2. The van der Waals surface area contributed by atoms with Crippen LogP contribution in [0, 0.1) is 11.3 Å². The molecule has 0 aromatic carbocycles. The molecule has 1 aromatic rings. The molecular formula is C11H14N6O2S. The standard InChI is InChI=1S/C11H14N6O2S/c1-14-8(18)5-17(2)9(19)6-20-11-15-4-7(3-12)10(13)16-11/h4H,5-6H2,1-2H3,(H,14,18)(H2,13,15,16). The summed E-state index contributed by atoms with van der Waals surface area (Å²) in [5, 5.41) is 11.4. The number of thioether (sulfide) groups is 1. The minimum Gasteiger partial charge on any atom is -0.382 e. The second kappa shape index (κ2) is 7.30. The van der Waals surface area contributed by atoms with Gasteiger partial charge in [0.05, 0.1) is 18.5 Å². The Morgan fingerprint density at radius 1 is 1.60 bits per heavy atom. The Balaban J connectivity index is 2.55. The molecule has 2 amide bonds. The van der Waals surface area contributed by atoms with Crippen LogP contribution in [0.15, 0.2) is 11.4 Å². The molecule has 0 aliphatic rings. The van der Waals surface area contributed by atoms with Gasteiger partial charge in [-0.2, -0.15) is 5.26 Å². The summed E-state index contributed by atoms with van der Waals surface area (Å²) in [4.78, 5) is 32.0. The summed E-state index contributed by atoms with van der Waals surface area (Å²) in [7, 11) is 3.04. The van der Waals surface area contributed by atoms with Crippen molar-refractivity contribution >= 4 is 29.4 Å². The van der Waals surface area contributed by atoms with Crippen LogP contribution in [-0.4, -0.2) is 53.1 Å². The lowest BCUT2D eigenvalue weighted by Crippen LogP contribution is -2.37. The second-order valence-corrected chi connectivity index (χ2v) is 4.72. The van der Waals surface area contributed by atoms with Gasteiger partial charge < -0.3 is 16.0 Å². The molecule has 0 atom stereocenters. The van der Waals surface area contributed by atoms with Gasteiger partial charge in [0.2, 0.25) is 11.8 Å². The molecule has 0 radical (unpaired) electrons. The van der Waals surface area contributed by atoms with Crippen LogP contribution in [0.1, 0.15) is 5.56 Å². The van der Waals surface area contributed by atoms with Crippen molar-refractivity contribution in [3.8, 4) is 6.07 Å². The highest BCUT2D eigenvalue weighted by molar-refractivity contribution is 7.99. The summed E-state index contributed by atoms with van der Waals surface area (Å²) in [6.07, 6.45) is 1.31. The zero-order valence-electron chi connectivity index (χ0n) is 11.1. The minimum atomic E-state index is -0.246. The molecule has 0 saturated heterocycles. The first kappa shape index (κ1) is 15.7. The van der Waals surface area contributed by atoms with Crippen LogP contribution < -0.4 is 11.1 Å². The van der Waals surface area contributed by atoms with Crippen molar-refractivity contribution in [1.29, 1.82) is 5.26 Å². The Hall–Kier alpha value is -2.34. The van der Waals surface area contributed by atoms with E-state index in [-0.39, 0.29) is 35.5 Å². The van der Waals surface area contributed by atoms with E-state index in [1.807, 2.05) is 6.07 Å². The van der Waals surface area contributed by atoms with E-state index >= 15 is 0 Å². The van der Waals surface area contributed by atoms with Gasteiger partial charge in [0.25, 0.3) is 0 Å². The number of nitrogens with two attached hydrogens (primary N) is 1. The van der Waals surface area contributed by atoms with E-state index in [1.54, 1.807) is 0 Å². The maximum atomic E-state index is 11.8. The van der Waals surface area contributed by atoms with Crippen molar-refractivity contribution in [3.05, 3.63) is 11.8 Å². The summed E-state index contributed by atoms with van der Waals surface area (Å²) in [5.41, 5.74) is 5.74. The molecule has 8 nitrogen and oxygen atoms in total. The lowest BCUT2D eigenvalue weighted by atomic mass is 10.3. The molecule has 0 fully saturated rings. The molecule has 1 heterocycles. The Bertz CT molecular complexity index is 556. The van der Waals surface area contributed by atoms with Crippen molar-refractivity contribution in [2.24, 2.45) is 0 Å². The van der Waals surface area contributed by atoms with Gasteiger partial charge in [0, 0.05) is 14.1 Å². The molecule has 0 aliphatic heterocycles. The van der Waals surface area contributed by atoms with Gasteiger partial charge in [0.1, 0.15) is 17.5 Å². The van der Waals surface area contributed by atoms with E-state index in [1.165, 1.54) is 25.2 Å². The fraction of sp³-hybridized carbons (Fsp3) is 0.364. The van der Waals surface area contributed by atoms with Gasteiger partial charge in [0.15, 0.2) is 5.16 Å². The molecule has 0 bridgehead atoms. The quantitative estimate of drug-likeness (QED) is 0.539. The smallest absolute Gasteiger partial charge is 0.239 e. The fourth-order valence-corrected chi connectivity index (χ4v) is 1.92. The summed E-state index contributed by atoms with van der Waals surface area (Å²) in [6.45, 7) is -0.00768. The topological polar surface area (TPSA) is 125 Å². The summed E-state index contributed by atoms with van der Waals surface area (Å²) in [6, 6.07) is 1.85. The molecule has 1 aromatic heterocycles. The number of amides is 2. The fourth-order valence-electron chi connectivity index (χ4n) is 1.15. The van der Waals surface area contributed by atoms with Crippen LogP contribution in [0.3, 0.4) is 0 Å². The van der Waals surface area contributed by atoms with Crippen LogP contribution in [0.25, 0.3) is 0 Å². The average Bonchev–Trinajstić information content (AvgIpc) is 2.44. The molecule has 20 heavy (non-hydrogen) atoms. The van der Waals surface area contributed by atoms with Crippen molar-refractivity contribution in [2.75, 3.05) is 32.1 Å².